The number of hydrogen-bond acceptors (Lipinski definition) is 7. The number of aromatic nitrogens is 2. The molecular weight excluding hydrogens is 446 g/mol. The van der Waals surface area contributed by atoms with Crippen molar-refractivity contribution in [2.24, 2.45) is 7.05 Å². The van der Waals surface area contributed by atoms with Crippen molar-refractivity contribution < 1.29 is 13.3 Å². The van der Waals surface area contributed by atoms with Crippen LogP contribution in [0.1, 0.15) is 25.2 Å². The van der Waals surface area contributed by atoms with Gasteiger partial charge in [-0.25, -0.2) is 13.4 Å². The molecule has 1 saturated heterocycles. The van der Waals surface area contributed by atoms with Crippen LogP contribution in [-0.2, 0) is 17.1 Å². The third-order valence-corrected chi connectivity index (χ3v) is 8.01. The highest BCUT2D eigenvalue weighted by atomic mass is 32.2. The maximum atomic E-state index is 13.0. The van der Waals surface area contributed by atoms with E-state index in [1.54, 1.807) is 17.7 Å². The van der Waals surface area contributed by atoms with E-state index in [0.29, 0.717) is 36.2 Å². The molecule has 1 aromatic heterocycles. The average Bonchev–Trinajstić information content (AvgIpc) is 2.83. The number of nitrogens with zero attached hydrogens (tertiary/aromatic N) is 5. The van der Waals surface area contributed by atoms with Crippen molar-refractivity contribution in [2.45, 2.75) is 24.3 Å². The van der Waals surface area contributed by atoms with Crippen molar-refractivity contribution in [1.82, 2.24) is 18.8 Å². The maximum Gasteiger partial charge on any atom is 0.269 e. The molecule has 2 aromatic carbocycles. The lowest BCUT2D eigenvalue weighted by Gasteiger charge is -2.38. The quantitative estimate of drug-likeness (QED) is 0.400. The Morgan fingerprint density at radius 2 is 1.70 bits per heavy atom. The van der Waals surface area contributed by atoms with Crippen LogP contribution in [0.3, 0.4) is 0 Å². The minimum Gasteiger partial charge on any atom is -0.298 e. The van der Waals surface area contributed by atoms with Crippen LogP contribution >= 0.6 is 0 Å². The van der Waals surface area contributed by atoms with Gasteiger partial charge in [-0.3, -0.25) is 24.4 Å². The number of sulfonamides is 1. The standard InChI is InChI=1S/C22H25N5O5S/c1-3-20(21-23-19-7-5-4-6-18(19)22(28)24(21)2)25-12-14-26(15-13-25)33(31,32)17-10-8-16(9-11-17)27(29)30/h4-11,20H,3,12-15H2,1-2H3. The first-order valence-electron chi connectivity index (χ1n) is 10.7. The van der Waals surface area contributed by atoms with E-state index in [1.807, 2.05) is 25.1 Å². The van der Waals surface area contributed by atoms with Gasteiger partial charge in [0.25, 0.3) is 11.2 Å². The third kappa shape index (κ3) is 4.26. The number of hydrogen-bond donors (Lipinski definition) is 0. The summed E-state index contributed by atoms with van der Waals surface area (Å²) in [5, 5.41) is 11.4. The Morgan fingerprint density at radius 3 is 2.30 bits per heavy atom. The zero-order valence-electron chi connectivity index (χ0n) is 18.4. The molecule has 1 aliphatic rings. The summed E-state index contributed by atoms with van der Waals surface area (Å²) in [7, 11) is -2.04. The molecule has 0 radical (unpaired) electrons. The van der Waals surface area contributed by atoms with Crippen LogP contribution in [0.2, 0.25) is 0 Å². The number of fused-ring (bicyclic) bond motifs is 1. The van der Waals surface area contributed by atoms with Crippen LogP contribution in [0.4, 0.5) is 5.69 Å². The van der Waals surface area contributed by atoms with Crippen LogP contribution in [0, 0.1) is 10.1 Å². The molecule has 0 spiro atoms. The minimum atomic E-state index is -3.76. The number of para-hydroxylation sites is 1. The second kappa shape index (κ2) is 9.00. The summed E-state index contributed by atoms with van der Waals surface area (Å²) in [5.74, 6) is 0.660. The Hall–Kier alpha value is -3.15. The Labute approximate surface area is 191 Å². The molecule has 0 amide bonds. The van der Waals surface area contributed by atoms with Crippen LogP contribution in [0.5, 0.6) is 0 Å². The molecule has 33 heavy (non-hydrogen) atoms. The van der Waals surface area contributed by atoms with E-state index >= 15 is 0 Å². The van der Waals surface area contributed by atoms with E-state index in [0.717, 1.165) is 0 Å². The topological polar surface area (TPSA) is 119 Å². The van der Waals surface area contributed by atoms with Crippen LogP contribution in [-0.4, -0.2) is 58.3 Å². The highest BCUT2D eigenvalue weighted by Crippen LogP contribution is 2.27. The van der Waals surface area contributed by atoms with Gasteiger partial charge in [0, 0.05) is 45.4 Å². The van der Waals surface area contributed by atoms with Crippen molar-refractivity contribution in [3.8, 4) is 0 Å². The Kier molecular flexibility index (Phi) is 6.28. The fourth-order valence-corrected chi connectivity index (χ4v) is 5.70. The Bertz CT molecular complexity index is 1350. The van der Waals surface area contributed by atoms with Crippen LogP contribution < -0.4 is 5.56 Å². The summed E-state index contributed by atoms with van der Waals surface area (Å²) < 4.78 is 29.0. The molecule has 0 saturated carbocycles. The summed E-state index contributed by atoms with van der Waals surface area (Å²) >= 11 is 0. The lowest BCUT2D eigenvalue weighted by Crippen LogP contribution is -2.50. The third-order valence-electron chi connectivity index (χ3n) is 6.10. The van der Waals surface area contributed by atoms with E-state index in [4.69, 9.17) is 4.98 Å². The van der Waals surface area contributed by atoms with Gasteiger partial charge in [-0.2, -0.15) is 4.31 Å². The van der Waals surface area contributed by atoms with Gasteiger partial charge in [0.15, 0.2) is 0 Å². The first-order valence-corrected chi connectivity index (χ1v) is 12.1. The van der Waals surface area contributed by atoms with E-state index in [1.165, 1.54) is 28.6 Å². The van der Waals surface area contributed by atoms with Crippen molar-refractivity contribution >= 4 is 26.6 Å². The molecule has 4 rings (SSSR count). The molecule has 1 unspecified atom stereocenters. The second-order valence-electron chi connectivity index (χ2n) is 7.97. The fourth-order valence-electron chi connectivity index (χ4n) is 4.28. The van der Waals surface area contributed by atoms with Gasteiger partial charge >= 0.3 is 0 Å². The van der Waals surface area contributed by atoms with Crippen LogP contribution in [0.15, 0.2) is 58.2 Å². The van der Waals surface area contributed by atoms with Gasteiger partial charge in [-0.15, -0.1) is 0 Å². The molecule has 3 aromatic rings. The monoisotopic (exact) mass is 471 g/mol. The summed E-state index contributed by atoms with van der Waals surface area (Å²) in [6.45, 7) is 3.53. The smallest absolute Gasteiger partial charge is 0.269 e. The number of nitro groups is 1. The summed E-state index contributed by atoms with van der Waals surface area (Å²) in [5.41, 5.74) is 0.389. The maximum absolute atomic E-state index is 13.0. The molecule has 1 fully saturated rings. The van der Waals surface area contributed by atoms with Crippen molar-refractivity contribution in [3.05, 3.63) is 74.8 Å². The summed E-state index contributed by atoms with van der Waals surface area (Å²) in [6, 6.07) is 12.0. The van der Waals surface area contributed by atoms with Gasteiger partial charge in [0.05, 0.1) is 26.8 Å². The Balaban J connectivity index is 1.54. The highest BCUT2D eigenvalue weighted by Gasteiger charge is 2.32. The zero-order valence-corrected chi connectivity index (χ0v) is 19.2. The number of nitro benzene ring substituents is 1. The normalized spacial score (nSPS) is 16.7. The van der Waals surface area contributed by atoms with Crippen LogP contribution in [0.25, 0.3) is 10.9 Å². The number of non-ortho nitro benzene ring substituents is 1. The second-order valence-corrected chi connectivity index (χ2v) is 9.90. The van der Waals surface area contributed by atoms with E-state index in [9.17, 15) is 23.3 Å². The molecule has 1 aliphatic heterocycles. The molecule has 0 aliphatic carbocycles. The van der Waals surface area contributed by atoms with Crippen molar-refractivity contribution in [3.63, 3.8) is 0 Å². The minimum absolute atomic E-state index is 0.0344. The number of benzene rings is 2. The molecule has 174 valence electrons. The Morgan fingerprint density at radius 1 is 1.06 bits per heavy atom. The molecule has 11 heteroatoms. The highest BCUT2D eigenvalue weighted by molar-refractivity contribution is 7.89. The lowest BCUT2D eigenvalue weighted by atomic mass is 10.1. The first-order chi connectivity index (χ1) is 15.7. The zero-order chi connectivity index (χ0) is 23.8. The van der Waals surface area contributed by atoms with Gasteiger partial charge < -0.3 is 0 Å². The lowest BCUT2D eigenvalue weighted by molar-refractivity contribution is -0.384. The van der Waals surface area contributed by atoms with E-state index in [2.05, 4.69) is 4.90 Å². The predicted octanol–water partition coefficient (Wildman–Crippen LogP) is 2.30. The van der Waals surface area contributed by atoms with Gasteiger partial charge in [0.1, 0.15) is 5.82 Å². The molecule has 2 heterocycles. The van der Waals surface area contributed by atoms with Crippen molar-refractivity contribution in [2.75, 3.05) is 26.2 Å². The molecule has 1 atom stereocenters. The number of piperazine rings is 1. The summed E-state index contributed by atoms with van der Waals surface area (Å²) in [4.78, 5) is 30.1. The molecule has 0 N–H and O–H groups in total. The van der Waals surface area contributed by atoms with Gasteiger partial charge in [0.2, 0.25) is 10.0 Å². The predicted molar refractivity (Wildman–Crippen MR) is 123 cm³/mol. The van der Waals surface area contributed by atoms with Crippen molar-refractivity contribution in [1.29, 1.82) is 0 Å². The summed E-state index contributed by atoms with van der Waals surface area (Å²) in [6.07, 6.45) is 0.716. The van der Waals surface area contributed by atoms with Gasteiger partial charge in [-0.05, 0) is 30.7 Å². The molecule has 10 nitrogen and oxygen atoms in total. The largest absolute Gasteiger partial charge is 0.298 e. The molecular formula is C22H25N5O5S. The average molecular weight is 472 g/mol. The number of rotatable bonds is 6. The van der Waals surface area contributed by atoms with E-state index in [-0.39, 0.29) is 35.3 Å². The fraction of sp³-hybridized carbons (Fsp3) is 0.364. The molecule has 0 bridgehead atoms. The SMILES string of the molecule is CCC(c1nc2ccccc2c(=O)n1C)N1CCN(S(=O)(=O)c2ccc([N+](=O)[O-])cc2)CC1. The van der Waals surface area contributed by atoms with E-state index < -0.39 is 14.9 Å². The first kappa shape index (κ1) is 23.0. The van der Waals surface area contributed by atoms with Gasteiger partial charge in [-0.1, -0.05) is 19.1 Å².